The van der Waals surface area contributed by atoms with Crippen LogP contribution in [0.5, 0.6) is 0 Å². The van der Waals surface area contributed by atoms with Crippen molar-refractivity contribution in [3.8, 4) is 5.95 Å². The Morgan fingerprint density at radius 3 is 2.50 bits per heavy atom. The number of nitrogens with zero attached hydrogens (tertiary/aromatic N) is 4. The SMILES string of the molecule is COCc1cc(Nc2ccc(C(=O)O)cc2)nc(-n2nc(C)cc2C)n1. The lowest BCUT2D eigenvalue weighted by atomic mass is 10.2. The molecule has 0 atom stereocenters. The van der Waals surface area contributed by atoms with E-state index in [1.165, 1.54) is 12.1 Å². The third-order valence-corrected chi connectivity index (χ3v) is 3.66. The highest BCUT2D eigenvalue weighted by Crippen LogP contribution is 2.19. The topological polar surface area (TPSA) is 102 Å². The summed E-state index contributed by atoms with van der Waals surface area (Å²) in [4.78, 5) is 20.0. The number of hydrogen-bond donors (Lipinski definition) is 2. The number of carboxylic acid groups (broad SMARTS) is 1. The standard InChI is InChI=1S/C18H19N5O3/c1-11-8-12(2)23(22-11)18-20-15(10-26-3)9-16(21-18)19-14-6-4-13(5-7-14)17(24)25/h4-9H,10H2,1-3H3,(H,24,25)(H,19,20,21). The van der Waals surface area contributed by atoms with Crippen LogP contribution in [0.4, 0.5) is 11.5 Å². The third kappa shape index (κ3) is 3.86. The predicted molar refractivity (Wildman–Crippen MR) is 96.0 cm³/mol. The second-order valence-corrected chi connectivity index (χ2v) is 5.82. The van der Waals surface area contributed by atoms with Crippen LogP contribution in [0.15, 0.2) is 36.4 Å². The van der Waals surface area contributed by atoms with Crippen molar-refractivity contribution in [2.75, 3.05) is 12.4 Å². The monoisotopic (exact) mass is 353 g/mol. The number of aryl methyl sites for hydroxylation is 2. The van der Waals surface area contributed by atoms with Crippen molar-refractivity contribution in [2.24, 2.45) is 0 Å². The van der Waals surface area contributed by atoms with Crippen LogP contribution in [-0.4, -0.2) is 37.9 Å². The van der Waals surface area contributed by atoms with Gasteiger partial charge in [0.15, 0.2) is 0 Å². The number of nitrogens with one attached hydrogen (secondary N) is 1. The van der Waals surface area contributed by atoms with E-state index < -0.39 is 5.97 Å². The Bertz CT molecular complexity index is 934. The minimum atomic E-state index is -0.965. The van der Waals surface area contributed by atoms with Gasteiger partial charge in [-0.05, 0) is 44.2 Å². The molecule has 8 nitrogen and oxygen atoms in total. The number of rotatable bonds is 6. The van der Waals surface area contributed by atoms with Gasteiger partial charge in [0.2, 0.25) is 0 Å². The van der Waals surface area contributed by atoms with Crippen LogP contribution < -0.4 is 5.32 Å². The van der Waals surface area contributed by atoms with E-state index in [4.69, 9.17) is 9.84 Å². The number of carboxylic acids is 1. The van der Waals surface area contributed by atoms with Gasteiger partial charge in [0.1, 0.15) is 5.82 Å². The molecule has 0 radical (unpaired) electrons. The van der Waals surface area contributed by atoms with Crippen molar-refractivity contribution in [1.29, 1.82) is 0 Å². The molecule has 2 aromatic heterocycles. The first-order chi connectivity index (χ1) is 12.5. The molecule has 0 aliphatic carbocycles. The Morgan fingerprint density at radius 1 is 1.19 bits per heavy atom. The maximum atomic E-state index is 11.0. The lowest BCUT2D eigenvalue weighted by Crippen LogP contribution is -2.09. The maximum absolute atomic E-state index is 11.0. The first kappa shape index (κ1) is 17.6. The Kier molecular flexibility index (Phi) is 4.94. The highest BCUT2D eigenvalue weighted by molar-refractivity contribution is 5.88. The zero-order valence-corrected chi connectivity index (χ0v) is 14.7. The van der Waals surface area contributed by atoms with Crippen molar-refractivity contribution in [3.63, 3.8) is 0 Å². The molecule has 3 aromatic rings. The fraction of sp³-hybridized carbons (Fsp3) is 0.222. The molecule has 0 saturated heterocycles. The van der Waals surface area contributed by atoms with E-state index in [0.717, 1.165) is 17.1 Å². The molecular weight excluding hydrogens is 334 g/mol. The summed E-state index contributed by atoms with van der Waals surface area (Å²) in [7, 11) is 1.60. The molecule has 3 rings (SSSR count). The summed E-state index contributed by atoms with van der Waals surface area (Å²) in [5.74, 6) is 0.0419. The fourth-order valence-electron chi connectivity index (χ4n) is 2.54. The van der Waals surface area contributed by atoms with Gasteiger partial charge < -0.3 is 15.2 Å². The molecule has 0 saturated carbocycles. The Balaban J connectivity index is 1.95. The van der Waals surface area contributed by atoms with Crippen LogP contribution in [0.2, 0.25) is 0 Å². The van der Waals surface area contributed by atoms with Gasteiger partial charge in [-0.3, -0.25) is 0 Å². The van der Waals surface area contributed by atoms with Crippen LogP contribution in [0.1, 0.15) is 27.4 Å². The number of aromatic carboxylic acids is 1. The predicted octanol–water partition coefficient (Wildman–Crippen LogP) is 2.87. The van der Waals surface area contributed by atoms with E-state index in [2.05, 4.69) is 20.4 Å². The number of anilines is 2. The zero-order chi connectivity index (χ0) is 18.7. The average molecular weight is 353 g/mol. The molecule has 0 unspecified atom stereocenters. The normalized spacial score (nSPS) is 10.7. The smallest absolute Gasteiger partial charge is 0.335 e. The van der Waals surface area contributed by atoms with E-state index in [-0.39, 0.29) is 5.56 Å². The summed E-state index contributed by atoms with van der Waals surface area (Å²) in [6.45, 7) is 4.18. The lowest BCUT2D eigenvalue weighted by Gasteiger charge is -2.11. The lowest BCUT2D eigenvalue weighted by molar-refractivity contribution is 0.0697. The van der Waals surface area contributed by atoms with Crippen molar-refractivity contribution >= 4 is 17.5 Å². The van der Waals surface area contributed by atoms with Gasteiger partial charge in [0, 0.05) is 24.6 Å². The van der Waals surface area contributed by atoms with Gasteiger partial charge in [-0.1, -0.05) is 0 Å². The van der Waals surface area contributed by atoms with Gasteiger partial charge in [-0.2, -0.15) is 10.1 Å². The zero-order valence-electron chi connectivity index (χ0n) is 14.7. The van der Waals surface area contributed by atoms with E-state index in [9.17, 15) is 4.79 Å². The number of ether oxygens (including phenoxy) is 1. The van der Waals surface area contributed by atoms with Crippen molar-refractivity contribution in [3.05, 3.63) is 59.0 Å². The van der Waals surface area contributed by atoms with Crippen LogP contribution in [0.3, 0.4) is 0 Å². The van der Waals surface area contributed by atoms with E-state index in [1.807, 2.05) is 19.9 Å². The maximum Gasteiger partial charge on any atom is 0.335 e. The largest absolute Gasteiger partial charge is 0.478 e. The molecule has 0 bridgehead atoms. The fourth-order valence-corrected chi connectivity index (χ4v) is 2.54. The quantitative estimate of drug-likeness (QED) is 0.702. The molecule has 0 amide bonds. The molecule has 2 N–H and O–H groups in total. The second-order valence-electron chi connectivity index (χ2n) is 5.82. The Labute approximate surface area is 150 Å². The summed E-state index contributed by atoms with van der Waals surface area (Å²) >= 11 is 0. The van der Waals surface area contributed by atoms with Gasteiger partial charge in [-0.25, -0.2) is 14.5 Å². The second kappa shape index (κ2) is 7.32. The van der Waals surface area contributed by atoms with E-state index >= 15 is 0 Å². The Hall–Kier alpha value is -3.26. The first-order valence-electron chi connectivity index (χ1n) is 7.97. The van der Waals surface area contributed by atoms with E-state index in [0.29, 0.717) is 24.1 Å². The van der Waals surface area contributed by atoms with Gasteiger partial charge in [0.05, 0.1) is 23.6 Å². The molecule has 0 aliphatic heterocycles. The molecule has 134 valence electrons. The first-order valence-corrected chi connectivity index (χ1v) is 7.97. The molecule has 1 aromatic carbocycles. The van der Waals surface area contributed by atoms with Gasteiger partial charge in [0.25, 0.3) is 5.95 Å². The number of methoxy groups -OCH3 is 1. The summed E-state index contributed by atoms with van der Waals surface area (Å²) in [5.41, 5.74) is 3.45. The van der Waals surface area contributed by atoms with Crippen LogP contribution in [0.25, 0.3) is 5.95 Å². The molecule has 2 heterocycles. The van der Waals surface area contributed by atoms with Crippen molar-refractivity contribution < 1.29 is 14.6 Å². The summed E-state index contributed by atoms with van der Waals surface area (Å²) < 4.78 is 6.86. The summed E-state index contributed by atoms with van der Waals surface area (Å²) in [6, 6.07) is 10.2. The number of hydrogen-bond acceptors (Lipinski definition) is 6. The summed E-state index contributed by atoms with van der Waals surface area (Å²) in [5, 5.41) is 16.6. The highest BCUT2D eigenvalue weighted by atomic mass is 16.5. The molecule has 8 heteroatoms. The van der Waals surface area contributed by atoms with Crippen LogP contribution >= 0.6 is 0 Å². The van der Waals surface area contributed by atoms with Gasteiger partial charge >= 0.3 is 5.97 Å². The molecule has 0 spiro atoms. The average Bonchev–Trinajstić information content (AvgIpc) is 2.94. The highest BCUT2D eigenvalue weighted by Gasteiger charge is 2.11. The molecule has 26 heavy (non-hydrogen) atoms. The number of aromatic nitrogens is 4. The Morgan fingerprint density at radius 2 is 1.92 bits per heavy atom. The number of benzene rings is 1. The minimum absolute atomic E-state index is 0.224. The minimum Gasteiger partial charge on any atom is -0.478 e. The van der Waals surface area contributed by atoms with Crippen LogP contribution in [0, 0.1) is 13.8 Å². The van der Waals surface area contributed by atoms with Crippen molar-refractivity contribution in [2.45, 2.75) is 20.5 Å². The van der Waals surface area contributed by atoms with Crippen molar-refractivity contribution in [1.82, 2.24) is 19.7 Å². The third-order valence-electron chi connectivity index (χ3n) is 3.66. The molecule has 0 aliphatic rings. The molecular formula is C18H19N5O3. The number of carbonyl (C=O) groups is 1. The van der Waals surface area contributed by atoms with Crippen LogP contribution in [-0.2, 0) is 11.3 Å². The summed E-state index contributed by atoms with van der Waals surface area (Å²) in [6.07, 6.45) is 0. The van der Waals surface area contributed by atoms with E-state index in [1.54, 1.807) is 30.0 Å². The van der Waals surface area contributed by atoms with Gasteiger partial charge in [-0.15, -0.1) is 0 Å². The molecule has 0 fully saturated rings.